The molecule has 4 heteroatoms. The molecule has 80 valence electrons. The Labute approximate surface area is 87.1 Å². The van der Waals surface area contributed by atoms with Crippen molar-refractivity contribution in [3.8, 4) is 0 Å². The molecule has 4 nitrogen and oxygen atoms in total. The fraction of sp³-hybridized carbons (Fsp3) is 0.364. The van der Waals surface area contributed by atoms with E-state index in [0.29, 0.717) is 18.0 Å². The summed E-state index contributed by atoms with van der Waals surface area (Å²) in [4.78, 5) is 13.6. The van der Waals surface area contributed by atoms with Gasteiger partial charge in [0.05, 0.1) is 5.52 Å². The largest absolute Gasteiger partial charge is 0.417 e. The molecule has 2 rings (SSSR count). The average Bonchev–Trinajstić information content (AvgIpc) is 2.57. The summed E-state index contributed by atoms with van der Waals surface area (Å²) in [7, 11) is 0. The molecule has 0 radical (unpaired) electrons. The molecule has 0 bridgehead atoms. The van der Waals surface area contributed by atoms with Gasteiger partial charge in [-0.25, -0.2) is 4.79 Å². The smallest absolute Gasteiger partial charge is 0.408 e. The van der Waals surface area contributed by atoms with Gasteiger partial charge in [-0.15, -0.1) is 0 Å². The molecule has 0 aliphatic heterocycles. The van der Waals surface area contributed by atoms with Crippen LogP contribution in [0.15, 0.2) is 27.4 Å². The number of hydrogen-bond donors (Lipinski definition) is 2. The van der Waals surface area contributed by atoms with Gasteiger partial charge in [0.15, 0.2) is 5.58 Å². The van der Waals surface area contributed by atoms with Crippen LogP contribution in [0.1, 0.15) is 24.8 Å². The zero-order chi connectivity index (χ0) is 10.8. The summed E-state index contributed by atoms with van der Waals surface area (Å²) < 4.78 is 4.99. The number of hydrogen-bond acceptors (Lipinski definition) is 3. The Morgan fingerprint density at radius 1 is 1.53 bits per heavy atom. The number of nitrogens with two attached hydrogens (primary N) is 1. The number of benzene rings is 1. The monoisotopic (exact) mass is 206 g/mol. The molecule has 1 aromatic carbocycles. The van der Waals surface area contributed by atoms with Crippen molar-refractivity contribution in [1.82, 2.24) is 4.98 Å². The van der Waals surface area contributed by atoms with Crippen molar-refractivity contribution in [1.29, 1.82) is 0 Å². The van der Waals surface area contributed by atoms with Crippen LogP contribution in [-0.2, 0) is 0 Å². The van der Waals surface area contributed by atoms with Crippen LogP contribution in [0, 0.1) is 0 Å². The normalized spacial score (nSPS) is 13.2. The summed E-state index contributed by atoms with van der Waals surface area (Å²) in [6.07, 6.45) is 0.931. The van der Waals surface area contributed by atoms with E-state index in [1.54, 1.807) is 0 Å². The third kappa shape index (κ3) is 1.94. The minimum atomic E-state index is -0.409. The second-order valence-corrected chi connectivity index (χ2v) is 3.75. The highest BCUT2D eigenvalue weighted by molar-refractivity contribution is 5.72. The van der Waals surface area contributed by atoms with Gasteiger partial charge < -0.3 is 10.2 Å². The van der Waals surface area contributed by atoms with Crippen molar-refractivity contribution in [2.24, 2.45) is 5.73 Å². The molecule has 1 heterocycles. The molecule has 0 amide bonds. The Kier molecular flexibility index (Phi) is 2.60. The maximum absolute atomic E-state index is 11.0. The van der Waals surface area contributed by atoms with Gasteiger partial charge >= 0.3 is 5.76 Å². The molecule has 0 saturated heterocycles. The van der Waals surface area contributed by atoms with Crippen LogP contribution in [0.5, 0.6) is 0 Å². The molecule has 15 heavy (non-hydrogen) atoms. The molecular weight excluding hydrogens is 192 g/mol. The molecular formula is C11H14N2O2. The van der Waals surface area contributed by atoms with Gasteiger partial charge in [0, 0.05) is 0 Å². The first-order chi connectivity index (χ1) is 7.20. The number of H-pyrrole nitrogens is 1. The lowest BCUT2D eigenvalue weighted by Crippen LogP contribution is -2.04. The zero-order valence-electron chi connectivity index (χ0n) is 8.62. The molecule has 0 aliphatic carbocycles. The van der Waals surface area contributed by atoms with Crippen LogP contribution in [-0.4, -0.2) is 11.5 Å². The summed E-state index contributed by atoms with van der Waals surface area (Å²) >= 11 is 0. The van der Waals surface area contributed by atoms with Gasteiger partial charge in [-0.3, -0.25) is 4.98 Å². The van der Waals surface area contributed by atoms with Gasteiger partial charge in [-0.05, 0) is 36.6 Å². The van der Waals surface area contributed by atoms with Gasteiger partial charge in [0.2, 0.25) is 0 Å². The van der Waals surface area contributed by atoms with Crippen LogP contribution in [0.3, 0.4) is 0 Å². The van der Waals surface area contributed by atoms with Gasteiger partial charge in [0.25, 0.3) is 0 Å². The number of aromatic nitrogens is 1. The first-order valence-corrected chi connectivity index (χ1v) is 5.03. The zero-order valence-corrected chi connectivity index (χ0v) is 8.62. The van der Waals surface area contributed by atoms with E-state index in [0.717, 1.165) is 17.5 Å². The lowest BCUT2D eigenvalue weighted by molar-refractivity contribution is 0.554. The molecule has 1 unspecified atom stereocenters. The number of aromatic amines is 1. The maximum Gasteiger partial charge on any atom is 0.417 e. The van der Waals surface area contributed by atoms with Crippen LogP contribution >= 0.6 is 0 Å². The van der Waals surface area contributed by atoms with Crippen molar-refractivity contribution in [3.63, 3.8) is 0 Å². The fourth-order valence-electron chi connectivity index (χ4n) is 1.69. The number of rotatable bonds is 3. The van der Waals surface area contributed by atoms with Crippen LogP contribution in [0.25, 0.3) is 11.1 Å². The highest BCUT2D eigenvalue weighted by Gasteiger charge is 2.07. The SMILES string of the molecule is CC(CCN)c1ccc2[nH]c(=O)oc2c1. The van der Waals surface area contributed by atoms with E-state index in [-0.39, 0.29) is 0 Å². The lowest BCUT2D eigenvalue weighted by Gasteiger charge is -2.09. The Balaban J connectivity index is 2.41. The Morgan fingerprint density at radius 3 is 3.07 bits per heavy atom. The first-order valence-electron chi connectivity index (χ1n) is 5.03. The Bertz CT molecular complexity index is 513. The fourth-order valence-corrected chi connectivity index (χ4v) is 1.69. The molecule has 2 aromatic rings. The van der Waals surface area contributed by atoms with Gasteiger partial charge in [0.1, 0.15) is 0 Å². The Hall–Kier alpha value is -1.55. The van der Waals surface area contributed by atoms with Gasteiger partial charge in [-0.1, -0.05) is 13.0 Å². The molecule has 3 N–H and O–H groups in total. The third-order valence-electron chi connectivity index (χ3n) is 2.61. The lowest BCUT2D eigenvalue weighted by atomic mass is 9.98. The number of oxazole rings is 1. The quantitative estimate of drug-likeness (QED) is 0.800. The van der Waals surface area contributed by atoms with E-state index >= 15 is 0 Å². The summed E-state index contributed by atoms with van der Waals surface area (Å²) in [5, 5.41) is 0. The van der Waals surface area contributed by atoms with Crippen LogP contribution in [0.2, 0.25) is 0 Å². The first kappa shape index (κ1) is 9.98. The molecule has 0 fully saturated rings. The van der Waals surface area contributed by atoms with Crippen LogP contribution < -0.4 is 11.5 Å². The molecule has 0 saturated carbocycles. The predicted molar refractivity (Wildman–Crippen MR) is 58.9 cm³/mol. The number of fused-ring (bicyclic) bond motifs is 1. The van der Waals surface area contributed by atoms with E-state index in [1.807, 2.05) is 18.2 Å². The molecule has 0 aliphatic rings. The second kappa shape index (κ2) is 3.90. The van der Waals surface area contributed by atoms with Gasteiger partial charge in [-0.2, -0.15) is 0 Å². The second-order valence-electron chi connectivity index (χ2n) is 3.75. The minimum Gasteiger partial charge on any atom is -0.408 e. The van der Waals surface area contributed by atoms with Crippen molar-refractivity contribution in [3.05, 3.63) is 34.3 Å². The highest BCUT2D eigenvalue weighted by Crippen LogP contribution is 2.21. The predicted octanol–water partition coefficient (Wildman–Crippen LogP) is 1.57. The van der Waals surface area contributed by atoms with Crippen molar-refractivity contribution < 1.29 is 4.42 Å². The minimum absolute atomic E-state index is 0.389. The molecule has 0 spiro atoms. The highest BCUT2D eigenvalue weighted by atomic mass is 16.4. The van der Waals surface area contributed by atoms with E-state index in [4.69, 9.17) is 10.2 Å². The standard InChI is InChI=1S/C11H14N2O2/c1-7(4-5-12)8-2-3-9-10(6-8)15-11(14)13-9/h2-3,6-7H,4-5,12H2,1H3,(H,13,14). The van der Waals surface area contributed by atoms with E-state index in [2.05, 4.69) is 11.9 Å². The van der Waals surface area contributed by atoms with Crippen molar-refractivity contribution in [2.75, 3.05) is 6.54 Å². The third-order valence-corrected chi connectivity index (χ3v) is 2.61. The molecule has 1 atom stereocenters. The Morgan fingerprint density at radius 2 is 2.33 bits per heavy atom. The summed E-state index contributed by atoms with van der Waals surface area (Å²) in [5.41, 5.74) is 8.00. The van der Waals surface area contributed by atoms with Crippen molar-refractivity contribution in [2.45, 2.75) is 19.3 Å². The summed E-state index contributed by atoms with van der Waals surface area (Å²) in [5.74, 6) is -0.0202. The topological polar surface area (TPSA) is 72.0 Å². The summed E-state index contributed by atoms with van der Waals surface area (Å²) in [6, 6.07) is 5.75. The maximum atomic E-state index is 11.0. The van der Waals surface area contributed by atoms with E-state index in [9.17, 15) is 4.79 Å². The molecule has 1 aromatic heterocycles. The van der Waals surface area contributed by atoms with Crippen molar-refractivity contribution >= 4 is 11.1 Å². The van der Waals surface area contributed by atoms with E-state index < -0.39 is 5.76 Å². The van der Waals surface area contributed by atoms with Crippen LogP contribution in [0.4, 0.5) is 0 Å². The summed E-state index contributed by atoms with van der Waals surface area (Å²) in [6.45, 7) is 2.77. The number of nitrogens with one attached hydrogen (secondary N) is 1. The average molecular weight is 206 g/mol. The van der Waals surface area contributed by atoms with E-state index in [1.165, 1.54) is 0 Å².